The van der Waals surface area contributed by atoms with Crippen molar-refractivity contribution in [2.24, 2.45) is 0 Å². The van der Waals surface area contributed by atoms with E-state index in [9.17, 15) is 13.2 Å². The predicted octanol–water partition coefficient (Wildman–Crippen LogP) is 0.832. The number of hydrogen-bond acceptors (Lipinski definition) is 4. The molecule has 3 unspecified atom stereocenters. The van der Waals surface area contributed by atoms with Crippen molar-refractivity contribution in [3.05, 3.63) is 0 Å². The molecular formula is C10H18O5S. The molecule has 94 valence electrons. The Labute approximate surface area is 95.7 Å². The summed E-state index contributed by atoms with van der Waals surface area (Å²) in [5.74, 6) is -1.45. The average molecular weight is 250 g/mol. The largest absolute Gasteiger partial charge is 0.480 e. The van der Waals surface area contributed by atoms with Crippen molar-refractivity contribution in [1.82, 2.24) is 0 Å². The van der Waals surface area contributed by atoms with E-state index in [1.807, 2.05) is 6.92 Å². The molecule has 16 heavy (non-hydrogen) atoms. The molecular weight excluding hydrogens is 232 g/mol. The molecule has 0 amide bonds. The van der Waals surface area contributed by atoms with Gasteiger partial charge in [-0.05, 0) is 26.2 Å². The molecule has 0 saturated carbocycles. The van der Waals surface area contributed by atoms with Crippen LogP contribution >= 0.6 is 0 Å². The van der Waals surface area contributed by atoms with E-state index in [1.54, 1.807) is 6.92 Å². The lowest BCUT2D eigenvalue weighted by Gasteiger charge is -2.15. The van der Waals surface area contributed by atoms with Gasteiger partial charge in [0.25, 0.3) is 0 Å². The van der Waals surface area contributed by atoms with Gasteiger partial charge in [-0.1, -0.05) is 6.92 Å². The van der Waals surface area contributed by atoms with Crippen LogP contribution in [0.5, 0.6) is 0 Å². The third-order valence-electron chi connectivity index (χ3n) is 2.82. The maximum absolute atomic E-state index is 11.8. The van der Waals surface area contributed by atoms with Gasteiger partial charge in [0.05, 0.1) is 18.0 Å². The highest BCUT2D eigenvalue weighted by Crippen LogP contribution is 2.22. The molecule has 1 saturated heterocycles. The van der Waals surface area contributed by atoms with E-state index < -0.39 is 21.1 Å². The number of carboxylic acid groups (broad SMARTS) is 1. The minimum Gasteiger partial charge on any atom is -0.480 e. The number of sulfone groups is 1. The highest BCUT2D eigenvalue weighted by Gasteiger charge is 2.35. The predicted molar refractivity (Wildman–Crippen MR) is 59.1 cm³/mol. The van der Waals surface area contributed by atoms with Crippen molar-refractivity contribution >= 4 is 15.8 Å². The van der Waals surface area contributed by atoms with Crippen molar-refractivity contribution in [3.8, 4) is 0 Å². The number of aliphatic carboxylic acids is 1. The normalized spacial score (nSPS) is 27.9. The summed E-state index contributed by atoms with van der Waals surface area (Å²) in [6, 6.07) is 0. The Morgan fingerprint density at radius 1 is 1.50 bits per heavy atom. The number of carboxylic acids is 1. The van der Waals surface area contributed by atoms with Gasteiger partial charge < -0.3 is 9.84 Å². The molecule has 0 aromatic carbocycles. The zero-order valence-corrected chi connectivity index (χ0v) is 10.4. The van der Waals surface area contributed by atoms with Gasteiger partial charge in [-0.25, -0.2) is 8.42 Å². The standard InChI is InChI=1S/C10H18O5S/c1-3-9(10(11)12)16(13,14)6-8-5-4-7(2)15-8/h7-9H,3-6H2,1-2H3,(H,11,12). The highest BCUT2D eigenvalue weighted by atomic mass is 32.2. The van der Waals surface area contributed by atoms with Crippen LogP contribution in [0.4, 0.5) is 0 Å². The van der Waals surface area contributed by atoms with Gasteiger partial charge >= 0.3 is 5.97 Å². The van der Waals surface area contributed by atoms with Gasteiger partial charge in [0.2, 0.25) is 0 Å². The van der Waals surface area contributed by atoms with Crippen LogP contribution in [0.25, 0.3) is 0 Å². The fraction of sp³-hybridized carbons (Fsp3) is 0.900. The van der Waals surface area contributed by atoms with Crippen LogP contribution in [0.1, 0.15) is 33.1 Å². The third kappa shape index (κ3) is 3.18. The molecule has 5 nitrogen and oxygen atoms in total. The molecule has 1 aliphatic heterocycles. The minimum atomic E-state index is -3.60. The van der Waals surface area contributed by atoms with Crippen LogP contribution in [-0.4, -0.2) is 42.7 Å². The second-order valence-corrected chi connectivity index (χ2v) is 6.44. The average Bonchev–Trinajstić information content (AvgIpc) is 2.49. The third-order valence-corrected chi connectivity index (χ3v) is 5.06. The van der Waals surface area contributed by atoms with Crippen LogP contribution in [0, 0.1) is 0 Å². The van der Waals surface area contributed by atoms with E-state index in [4.69, 9.17) is 9.84 Å². The van der Waals surface area contributed by atoms with Crippen LogP contribution in [0.3, 0.4) is 0 Å². The molecule has 0 aromatic rings. The number of ether oxygens (including phenoxy) is 1. The molecule has 3 atom stereocenters. The van der Waals surface area contributed by atoms with Gasteiger partial charge in [-0.2, -0.15) is 0 Å². The smallest absolute Gasteiger partial charge is 0.321 e. The summed E-state index contributed by atoms with van der Waals surface area (Å²) in [5.41, 5.74) is 0. The Kier molecular flexibility index (Phi) is 4.32. The molecule has 1 rings (SSSR count). The van der Waals surface area contributed by atoms with Crippen LogP contribution in [0.15, 0.2) is 0 Å². The van der Waals surface area contributed by atoms with Crippen molar-refractivity contribution in [1.29, 1.82) is 0 Å². The fourth-order valence-electron chi connectivity index (χ4n) is 1.97. The second kappa shape index (κ2) is 5.14. The Morgan fingerprint density at radius 3 is 2.50 bits per heavy atom. The van der Waals surface area contributed by atoms with Crippen LogP contribution in [-0.2, 0) is 19.4 Å². The van der Waals surface area contributed by atoms with Crippen molar-refractivity contribution in [2.45, 2.75) is 50.6 Å². The summed E-state index contributed by atoms with van der Waals surface area (Å²) in [5, 5.41) is 7.52. The molecule has 0 bridgehead atoms. The molecule has 6 heteroatoms. The summed E-state index contributed by atoms with van der Waals surface area (Å²) in [4.78, 5) is 10.8. The van der Waals surface area contributed by atoms with E-state index in [-0.39, 0.29) is 24.4 Å². The van der Waals surface area contributed by atoms with Crippen molar-refractivity contribution < 1.29 is 23.1 Å². The van der Waals surface area contributed by atoms with E-state index in [1.165, 1.54) is 0 Å². The molecule has 0 radical (unpaired) electrons. The topological polar surface area (TPSA) is 80.7 Å². The first-order chi connectivity index (χ1) is 7.36. The number of carbonyl (C=O) groups is 1. The lowest BCUT2D eigenvalue weighted by atomic mass is 10.2. The molecule has 0 spiro atoms. The number of hydrogen-bond donors (Lipinski definition) is 1. The quantitative estimate of drug-likeness (QED) is 0.781. The SMILES string of the molecule is CCC(C(=O)O)S(=O)(=O)CC1CCC(C)O1. The highest BCUT2D eigenvalue weighted by molar-refractivity contribution is 7.92. The van der Waals surface area contributed by atoms with Crippen molar-refractivity contribution in [3.63, 3.8) is 0 Å². The van der Waals surface area contributed by atoms with Crippen LogP contribution in [0.2, 0.25) is 0 Å². The summed E-state index contributed by atoms with van der Waals surface area (Å²) >= 11 is 0. The van der Waals surface area contributed by atoms with Crippen molar-refractivity contribution in [2.75, 3.05) is 5.75 Å². The van der Waals surface area contributed by atoms with Gasteiger partial charge in [0.1, 0.15) is 0 Å². The summed E-state index contributed by atoms with van der Waals surface area (Å²) in [6.45, 7) is 3.45. The van der Waals surface area contributed by atoms with E-state index in [0.29, 0.717) is 6.42 Å². The zero-order chi connectivity index (χ0) is 12.3. The molecule has 1 heterocycles. The fourth-order valence-corrected chi connectivity index (χ4v) is 3.78. The molecule has 0 aromatic heterocycles. The number of rotatable bonds is 5. The Hall–Kier alpha value is -0.620. The second-order valence-electron chi connectivity index (χ2n) is 4.21. The Balaban J connectivity index is 2.67. The first kappa shape index (κ1) is 13.4. The van der Waals surface area contributed by atoms with E-state index in [0.717, 1.165) is 6.42 Å². The first-order valence-electron chi connectivity index (χ1n) is 5.46. The Bertz CT molecular complexity index is 348. The Morgan fingerprint density at radius 2 is 2.12 bits per heavy atom. The summed E-state index contributed by atoms with van der Waals surface area (Å²) in [6.07, 6.45) is 1.36. The molecule has 1 aliphatic rings. The molecule has 0 aliphatic carbocycles. The molecule has 1 N–H and O–H groups in total. The van der Waals surface area contributed by atoms with E-state index >= 15 is 0 Å². The lowest BCUT2D eigenvalue weighted by Crippen LogP contribution is -2.35. The zero-order valence-electron chi connectivity index (χ0n) is 9.55. The minimum absolute atomic E-state index is 0.0742. The van der Waals surface area contributed by atoms with E-state index in [2.05, 4.69) is 0 Å². The van der Waals surface area contributed by atoms with Crippen LogP contribution < -0.4 is 0 Å². The van der Waals surface area contributed by atoms with Gasteiger partial charge in [0, 0.05) is 0 Å². The maximum atomic E-state index is 11.8. The summed E-state index contributed by atoms with van der Waals surface area (Å²) in [7, 11) is -3.60. The molecule has 1 fully saturated rings. The van der Waals surface area contributed by atoms with Gasteiger partial charge in [0.15, 0.2) is 15.1 Å². The monoisotopic (exact) mass is 250 g/mol. The van der Waals surface area contributed by atoms with Gasteiger partial charge in [-0.3, -0.25) is 4.79 Å². The van der Waals surface area contributed by atoms with Gasteiger partial charge in [-0.15, -0.1) is 0 Å². The lowest BCUT2D eigenvalue weighted by molar-refractivity contribution is -0.136. The summed E-state index contributed by atoms with van der Waals surface area (Å²) < 4.78 is 29.0. The first-order valence-corrected chi connectivity index (χ1v) is 7.18. The maximum Gasteiger partial charge on any atom is 0.321 e.